The van der Waals surface area contributed by atoms with Crippen molar-refractivity contribution in [1.29, 1.82) is 0 Å². The zero-order chi connectivity index (χ0) is 25.3. The number of esters is 1. The Kier molecular flexibility index (Phi) is 9.69. The lowest BCUT2D eigenvalue weighted by Gasteiger charge is -2.17. The summed E-state index contributed by atoms with van der Waals surface area (Å²) in [6.45, 7) is 5.89. The molecule has 0 radical (unpaired) electrons. The molecule has 0 unspecified atom stereocenters. The highest BCUT2D eigenvalue weighted by Crippen LogP contribution is 2.39. The second-order valence-electron chi connectivity index (χ2n) is 7.04. The average Bonchev–Trinajstić information content (AvgIpc) is 2.79. The Morgan fingerprint density at radius 2 is 1.50 bits per heavy atom. The molecule has 0 saturated heterocycles. The molecule has 0 aliphatic heterocycles. The van der Waals surface area contributed by atoms with Crippen molar-refractivity contribution in [2.24, 2.45) is 0 Å². The van der Waals surface area contributed by atoms with Crippen molar-refractivity contribution in [3.05, 3.63) is 42.0 Å². The summed E-state index contributed by atoms with van der Waals surface area (Å²) < 4.78 is 47.5. The topological polar surface area (TPSA) is 120 Å². The molecule has 2 rings (SSSR count). The van der Waals surface area contributed by atoms with Gasteiger partial charge in [-0.05, 0) is 51.1 Å². The molecule has 0 aliphatic carbocycles. The number of rotatable bonds is 12. The van der Waals surface area contributed by atoms with Crippen LogP contribution in [-0.2, 0) is 19.6 Å². The number of hydrogen-bond donors (Lipinski definition) is 1. The molecule has 34 heavy (non-hydrogen) atoms. The number of benzene rings is 2. The van der Waals surface area contributed by atoms with Crippen LogP contribution in [0.4, 0.5) is 5.69 Å². The monoisotopic (exact) mass is 494 g/mol. The van der Waals surface area contributed by atoms with Gasteiger partial charge in [0.2, 0.25) is 15.8 Å². The number of ether oxygens (including phenoxy) is 4. The first kappa shape index (κ1) is 26.9. The van der Waals surface area contributed by atoms with Crippen LogP contribution < -0.4 is 19.5 Å². The van der Waals surface area contributed by atoms with Gasteiger partial charge in [0.25, 0.3) is 5.91 Å². The van der Waals surface area contributed by atoms with Gasteiger partial charge in [-0.15, -0.1) is 0 Å². The van der Waals surface area contributed by atoms with Crippen molar-refractivity contribution in [3.8, 4) is 17.2 Å². The normalized spacial score (nSPS) is 11.1. The van der Waals surface area contributed by atoms with E-state index in [1.165, 1.54) is 50.5 Å². The highest BCUT2D eigenvalue weighted by Gasteiger charge is 2.21. The third-order valence-corrected chi connectivity index (χ3v) is 6.19. The average molecular weight is 495 g/mol. The molecular formula is C23H30N2O8S. The molecule has 0 fully saturated rings. The van der Waals surface area contributed by atoms with Crippen molar-refractivity contribution in [2.75, 3.05) is 45.8 Å². The maximum atomic E-state index is 12.6. The molecular weight excluding hydrogens is 464 g/mol. The standard InChI is InChI=1S/C23H30N2O8S/c1-6-30-19-12-16(13-20(31-7-2)22(19)32-8-3)23(27)33-15-21(26)24-17-10-9-11-18(14-17)34(28,29)25(4)5/h9-14H,6-8,15H2,1-5H3,(H,24,26). The Labute approximate surface area is 199 Å². The van der Waals surface area contributed by atoms with Gasteiger partial charge in [-0.2, -0.15) is 0 Å². The van der Waals surface area contributed by atoms with Gasteiger partial charge in [-0.3, -0.25) is 4.79 Å². The highest BCUT2D eigenvalue weighted by molar-refractivity contribution is 7.89. The molecule has 10 nitrogen and oxygen atoms in total. The minimum Gasteiger partial charge on any atom is -0.490 e. The number of amides is 1. The first-order valence-electron chi connectivity index (χ1n) is 10.7. The first-order valence-corrected chi connectivity index (χ1v) is 12.1. The highest BCUT2D eigenvalue weighted by atomic mass is 32.2. The van der Waals surface area contributed by atoms with Crippen molar-refractivity contribution >= 4 is 27.6 Å². The lowest BCUT2D eigenvalue weighted by molar-refractivity contribution is -0.119. The summed E-state index contributed by atoms with van der Waals surface area (Å²) >= 11 is 0. The zero-order valence-corrected chi connectivity index (χ0v) is 20.7. The second-order valence-corrected chi connectivity index (χ2v) is 9.19. The third kappa shape index (κ3) is 6.84. The van der Waals surface area contributed by atoms with Crippen molar-refractivity contribution in [3.63, 3.8) is 0 Å². The van der Waals surface area contributed by atoms with Crippen LogP contribution in [0, 0.1) is 0 Å². The Balaban J connectivity index is 2.13. The summed E-state index contributed by atoms with van der Waals surface area (Å²) in [5.74, 6) is -0.359. The largest absolute Gasteiger partial charge is 0.490 e. The van der Waals surface area contributed by atoms with Gasteiger partial charge in [-0.25, -0.2) is 17.5 Å². The van der Waals surface area contributed by atoms with Gasteiger partial charge in [-0.1, -0.05) is 6.07 Å². The predicted octanol–water partition coefficient (Wildman–Crippen LogP) is 2.93. The Bertz CT molecular complexity index is 1090. The van der Waals surface area contributed by atoms with Crippen LogP contribution in [0.15, 0.2) is 41.3 Å². The van der Waals surface area contributed by atoms with E-state index in [0.717, 1.165) is 4.31 Å². The van der Waals surface area contributed by atoms with E-state index in [2.05, 4.69) is 5.32 Å². The number of carbonyl (C=O) groups is 2. The van der Waals surface area contributed by atoms with Crippen LogP contribution in [0.25, 0.3) is 0 Å². The van der Waals surface area contributed by atoms with Gasteiger partial charge in [0.15, 0.2) is 18.1 Å². The van der Waals surface area contributed by atoms with E-state index in [1.807, 2.05) is 6.92 Å². The van der Waals surface area contributed by atoms with Crippen LogP contribution in [0.3, 0.4) is 0 Å². The minimum atomic E-state index is -3.66. The van der Waals surface area contributed by atoms with Crippen LogP contribution in [0.1, 0.15) is 31.1 Å². The van der Waals surface area contributed by atoms with Crippen molar-refractivity contribution in [1.82, 2.24) is 4.31 Å². The molecule has 11 heteroatoms. The fourth-order valence-electron chi connectivity index (χ4n) is 2.86. The Morgan fingerprint density at radius 1 is 0.912 bits per heavy atom. The SMILES string of the molecule is CCOc1cc(C(=O)OCC(=O)Nc2cccc(S(=O)(=O)N(C)C)c2)cc(OCC)c1OCC. The van der Waals surface area contributed by atoms with E-state index in [9.17, 15) is 18.0 Å². The Morgan fingerprint density at radius 3 is 2.03 bits per heavy atom. The first-order chi connectivity index (χ1) is 16.1. The van der Waals surface area contributed by atoms with E-state index in [1.54, 1.807) is 13.8 Å². The number of carbonyl (C=O) groups excluding carboxylic acids is 2. The molecule has 0 spiro atoms. The summed E-state index contributed by atoms with van der Waals surface area (Å²) in [4.78, 5) is 24.9. The number of nitrogens with one attached hydrogen (secondary N) is 1. The molecule has 186 valence electrons. The van der Waals surface area contributed by atoms with Crippen LogP contribution in [0.2, 0.25) is 0 Å². The van der Waals surface area contributed by atoms with Gasteiger partial charge < -0.3 is 24.3 Å². The number of nitrogens with zero attached hydrogens (tertiary/aromatic N) is 1. The summed E-state index contributed by atoms with van der Waals surface area (Å²) in [7, 11) is -0.837. The minimum absolute atomic E-state index is 0.0218. The number of anilines is 1. The quantitative estimate of drug-likeness (QED) is 0.447. The lowest BCUT2D eigenvalue weighted by Crippen LogP contribution is -2.23. The summed E-state index contributed by atoms with van der Waals surface area (Å²) in [6.07, 6.45) is 0. The third-order valence-electron chi connectivity index (χ3n) is 4.38. The summed E-state index contributed by atoms with van der Waals surface area (Å²) in [5.41, 5.74) is 0.379. The molecule has 0 bridgehead atoms. The number of sulfonamides is 1. The van der Waals surface area contributed by atoms with E-state index in [-0.39, 0.29) is 16.1 Å². The van der Waals surface area contributed by atoms with E-state index < -0.39 is 28.5 Å². The van der Waals surface area contributed by atoms with Crippen LogP contribution >= 0.6 is 0 Å². The van der Waals surface area contributed by atoms with Gasteiger partial charge in [0.1, 0.15) is 0 Å². The molecule has 0 aromatic heterocycles. The maximum Gasteiger partial charge on any atom is 0.338 e. The van der Waals surface area contributed by atoms with Gasteiger partial charge in [0.05, 0.1) is 30.3 Å². The molecule has 0 aliphatic rings. The fourth-order valence-corrected chi connectivity index (χ4v) is 3.81. The lowest BCUT2D eigenvalue weighted by atomic mass is 10.2. The van der Waals surface area contributed by atoms with Crippen molar-refractivity contribution in [2.45, 2.75) is 25.7 Å². The molecule has 1 amide bonds. The molecule has 0 atom stereocenters. The van der Waals surface area contributed by atoms with Crippen LogP contribution in [0.5, 0.6) is 17.2 Å². The zero-order valence-electron chi connectivity index (χ0n) is 19.9. The van der Waals surface area contributed by atoms with E-state index in [0.29, 0.717) is 37.1 Å². The predicted molar refractivity (Wildman–Crippen MR) is 126 cm³/mol. The Hall–Kier alpha value is -3.31. The van der Waals surface area contributed by atoms with Crippen molar-refractivity contribution < 1.29 is 37.0 Å². The molecule has 1 N–H and O–H groups in total. The maximum absolute atomic E-state index is 12.6. The summed E-state index contributed by atoms with van der Waals surface area (Å²) in [6, 6.07) is 8.71. The van der Waals surface area contributed by atoms with Crippen LogP contribution in [-0.4, -0.2) is 65.1 Å². The molecule has 0 heterocycles. The number of hydrogen-bond acceptors (Lipinski definition) is 8. The van der Waals surface area contributed by atoms with Gasteiger partial charge in [0, 0.05) is 19.8 Å². The second kappa shape index (κ2) is 12.2. The smallest absolute Gasteiger partial charge is 0.338 e. The van der Waals surface area contributed by atoms with Gasteiger partial charge >= 0.3 is 5.97 Å². The molecule has 0 saturated carbocycles. The van der Waals surface area contributed by atoms with E-state index in [4.69, 9.17) is 18.9 Å². The molecule has 2 aromatic rings. The fraction of sp³-hybridized carbons (Fsp3) is 0.391. The van der Waals surface area contributed by atoms with E-state index >= 15 is 0 Å². The molecule has 2 aromatic carbocycles. The summed E-state index contributed by atoms with van der Waals surface area (Å²) in [5, 5.41) is 2.52.